The van der Waals surface area contributed by atoms with Crippen LogP contribution in [-0.4, -0.2) is 30.4 Å². The van der Waals surface area contributed by atoms with Crippen molar-refractivity contribution in [2.24, 2.45) is 5.92 Å². The Bertz CT molecular complexity index is 824. The van der Waals surface area contributed by atoms with Gasteiger partial charge in [0.15, 0.2) is 6.61 Å². The molecule has 7 heteroatoms. The summed E-state index contributed by atoms with van der Waals surface area (Å²) >= 11 is 1.29. The van der Waals surface area contributed by atoms with Crippen molar-refractivity contribution in [3.8, 4) is 0 Å². The van der Waals surface area contributed by atoms with Crippen molar-refractivity contribution in [3.05, 3.63) is 51.7 Å². The summed E-state index contributed by atoms with van der Waals surface area (Å²) in [6.45, 7) is 7.26. The summed E-state index contributed by atoms with van der Waals surface area (Å²) in [7, 11) is 0. The van der Waals surface area contributed by atoms with Crippen LogP contribution in [0.15, 0.2) is 35.7 Å². The van der Waals surface area contributed by atoms with E-state index in [0.717, 1.165) is 29.7 Å². The van der Waals surface area contributed by atoms with Gasteiger partial charge in [0.1, 0.15) is 6.04 Å². The summed E-state index contributed by atoms with van der Waals surface area (Å²) in [5.41, 5.74) is 2.85. The lowest BCUT2D eigenvalue weighted by Gasteiger charge is -2.20. The average Bonchev–Trinajstić information content (AvgIpc) is 3.25. The fourth-order valence-corrected chi connectivity index (χ4v) is 3.55. The molecule has 1 aromatic carbocycles. The molecular formula is C22H28N2O4S. The Morgan fingerprint density at radius 1 is 1.03 bits per heavy atom. The lowest BCUT2D eigenvalue weighted by Crippen LogP contribution is -2.45. The molecule has 1 heterocycles. The Labute approximate surface area is 175 Å². The van der Waals surface area contributed by atoms with Crippen LogP contribution < -0.4 is 10.6 Å². The first-order valence-corrected chi connectivity index (χ1v) is 10.7. The minimum Gasteiger partial charge on any atom is -0.454 e. The third kappa shape index (κ3) is 6.15. The van der Waals surface area contributed by atoms with Crippen molar-refractivity contribution >= 4 is 34.8 Å². The number of aryl methyl sites for hydroxylation is 2. The van der Waals surface area contributed by atoms with E-state index in [2.05, 4.69) is 10.6 Å². The molecule has 0 aliphatic rings. The fourth-order valence-electron chi connectivity index (χ4n) is 2.92. The topological polar surface area (TPSA) is 84.5 Å². The number of esters is 1. The van der Waals surface area contributed by atoms with E-state index >= 15 is 0 Å². The molecule has 0 saturated carbocycles. The number of anilines is 1. The Kier molecular flexibility index (Phi) is 8.39. The molecule has 0 saturated heterocycles. The molecule has 1 aromatic heterocycles. The van der Waals surface area contributed by atoms with Crippen LogP contribution >= 0.6 is 11.3 Å². The maximum atomic E-state index is 12.5. The van der Waals surface area contributed by atoms with Crippen LogP contribution in [0.3, 0.4) is 0 Å². The van der Waals surface area contributed by atoms with E-state index in [0.29, 0.717) is 4.88 Å². The predicted molar refractivity (Wildman–Crippen MR) is 115 cm³/mol. The average molecular weight is 417 g/mol. The van der Waals surface area contributed by atoms with Crippen molar-refractivity contribution in [3.63, 3.8) is 0 Å². The van der Waals surface area contributed by atoms with Gasteiger partial charge in [0.2, 0.25) is 0 Å². The second kappa shape index (κ2) is 10.8. The Hall–Kier alpha value is -2.67. The first kappa shape index (κ1) is 22.6. The van der Waals surface area contributed by atoms with Gasteiger partial charge in [-0.2, -0.15) is 0 Å². The molecule has 0 aliphatic heterocycles. The number of rotatable bonds is 9. The number of thiophene rings is 1. The van der Waals surface area contributed by atoms with E-state index in [-0.39, 0.29) is 11.8 Å². The number of carbonyl (C=O) groups is 3. The van der Waals surface area contributed by atoms with Gasteiger partial charge in [-0.25, -0.2) is 4.79 Å². The fraction of sp³-hybridized carbons (Fsp3) is 0.409. The first-order valence-electron chi connectivity index (χ1n) is 9.78. The number of amides is 2. The van der Waals surface area contributed by atoms with E-state index in [1.807, 2.05) is 45.9 Å². The summed E-state index contributed by atoms with van der Waals surface area (Å²) < 4.78 is 5.20. The molecule has 1 atom stereocenters. The van der Waals surface area contributed by atoms with E-state index in [1.165, 1.54) is 11.3 Å². The van der Waals surface area contributed by atoms with E-state index in [4.69, 9.17) is 4.74 Å². The second-order valence-electron chi connectivity index (χ2n) is 6.99. The molecule has 0 fully saturated rings. The van der Waals surface area contributed by atoms with Gasteiger partial charge in [-0.3, -0.25) is 9.59 Å². The van der Waals surface area contributed by atoms with Crippen LogP contribution in [0, 0.1) is 5.92 Å². The summed E-state index contributed by atoms with van der Waals surface area (Å²) in [5.74, 6) is -1.54. The van der Waals surface area contributed by atoms with Gasteiger partial charge in [-0.15, -0.1) is 11.3 Å². The van der Waals surface area contributed by atoms with E-state index in [1.54, 1.807) is 17.5 Å². The third-order valence-corrected chi connectivity index (χ3v) is 5.43. The molecule has 0 aliphatic carbocycles. The van der Waals surface area contributed by atoms with Gasteiger partial charge in [-0.1, -0.05) is 52.0 Å². The quantitative estimate of drug-likeness (QED) is 0.609. The lowest BCUT2D eigenvalue weighted by molar-refractivity contribution is -0.150. The van der Waals surface area contributed by atoms with Gasteiger partial charge in [0, 0.05) is 5.69 Å². The molecule has 2 N–H and O–H groups in total. The van der Waals surface area contributed by atoms with Crippen molar-refractivity contribution in [2.75, 3.05) is 11.9 Å². The Morgan fingerprint density at radius 3 is 2.21 bits per heavy atom. The predicted octanol–water partition coefficient (Wildman–Crippen LogP) is 3.81. The van der Waals surface area contributed by atoms with Gasteiger partial charge >= 0.3 is 5.97 Å². The number of para-hydroxylation sites is 1. The number of ether oxygens (including phenoxy) is 1. The normalized spacial score (nSPS) is 11.8. The standard InChI is InChI=1S/C22H28N2O4S/c1-5-15-9-7-10-16(6-2)20(15)23-18(25)13-28-22(27)19(14(3)4)24-21(26)17-11-8-12-29-17/h7-12,14,19H,5-6,13H2,1-4H3,(H,23,25)(H,24,26)/t19-/m0/s1. The molecule has 156 valence electrons. The third-order valence-electron chi connectivity index (χ3n) is 4.56. The van der Waals surface area contributed by atoms with Gasteiger partial charge in [0.05, 0.1) is 4.88 Å². The number of benzene rings is 1. The molecule has 0 unspecified atom stereocenters. The number of nitrogens with one attached hydrogen (secondary N) is 2. The Morgan fingerprint density at radius 2 is 1.69 bits per heavy atom. The van der Waals surface area contributed by atoms with Crippen LogP contribution in [0.25, 0.3) is 0 Å². The largest absolute Gasteiger partial charge is 0.454 e. The zero-order valence-corrected chi connectivity index (χ0v) is 18.1. The highest BCUT2D eigenvalue weighted by Gasteiger charge is 2.27. The van der Waals surface area contributed by atoms with Crippen molar-refractivity contribution in [2.45, 2.75) is 46.6 Å². The van der Waals surface area contributed by atoms with Crippen LogP contribution in [-0.2, 0) is 27.2 Å². The van der Waals surface area contributed by atoms with Crippen LogP contribution in [0.5, 0.6) is 0 Å². The van der Waals surface area contributed by atoms with Crippen molar-refractivity contribution in [1.82, 2.24) is 5.32 Å². The lowest BCUT2D eigenvalue weighted by atomic mass is 10.0. The minimum atomic E-state index is -0.827. The Balaban J connectivity index is 1.97. The highest BCUT2D eigenvalue weighted by molar-refractivity contribution is 7.12. The molecule has 2 amide bonds. The highest BCUT2D eigenvalue weighted by atomic mass is 32.1. The summed E-state index contributed by atoms with van der Waals surface area (Å²) in [6, 6.07) is 8.53. The molecule has 0 spiro atoms. The van der Waals surface area contributed by atoms with Crippen LogP contribution in [0.4, 0.5) is 5.69 Å². The molecule has 29 heavy (non-hydrogen) atoms. The van der Waals surface area contributed by atoms with Gasteiger partial charge in [0.25, 0.3) is 11.8 Å². The minimum absolute atomic E-state index is 0.179. The monoisotopic (exact) mass is 416 g/mol. The van der Waals surface area contributed by atoms with Crippen LogP contribution in [0.1, 0.15) is 48.5 Å². The summed E-state index contributed by atoms with van der Waals surface area (Å²) in [4.78, 5) is 37.6. The van der Waals surface area contributed by atoms with Crippen molar-refractivity contribution < 1.29 is 19.1 Å². The molecule has 0 bridgehead atoms. The molecule has 2 aromatic rings. The second-order valence-corrected chi connectivity index (χ2v) is 7.93. The number of hydrogen-bond acceptors (Lipinski definition) is 5. The van der Waals surface area contributed by atoms with Crippen molar-refractivity contribution in [1.29, 1.82) is 0 Å². The SMILES string of the molecule is CCc1cccc(CC)c1NC(=O)COC(=O)[C@@H](NC(=O)c1cccs1)C(C)C. The zero-order chi connectivity index (χ0) is 21.4. The summed E-state index contributed by atoms with van der Waals surface area (Å²) in [6.07, 6.45) is 1.57. The first-order chi connectivity index (χ1) is 13.9. The zero-order valence-electron chi connectivity index (χ0n) is 17.3. The van der Waals surface area contributed by atoms with Gasteiger partial charge < -0.3 is 15.4 Å². The summed E-state index contributed by atoms with van der Waals surface area (Å²) in [5, 5.41) is 7.35. The maximum Gasteiger partial charge on any atom is 0.329 e. The molecule has 2 rings (SSSR count). The molecular weight excluding hydrogens is 388 g/mol. The number of carbonyl (C=O) groups excluding carboxylic acids is 3. The van der Waals surface area contributed by atoms with Crippen LogP contribution in [0.2, 0.25) is 0 Å². The van der Waals surface area contributed by atoms with E-state index in [9.17, 15) is 14.4 Å². The molecule has 0 radical (unpaired) electrons. The number of hydrogen-bond donors (Lipinski definition) is 2. The van der Waals surface area contributed by atoms with E-state index < -0.39 is 24.5 Å². The maximum absolute atomic E-state index is 12.5. The van der Waals surface area contributed by atoms with Gasteiger partial charge in [-0.05, 0) is 41.3 Å². The smallest absolute Gasteiger partial charge is 0.329 e. The highest BCUT2D eigenvalue weighted by Crippen LogP contribution is 2.22. The molecule has 6 nitrogen and oxygen atoms in total.